The highest BCUT2D eigenvalue weighted by Gasteiger charge is 2.36. The molecule has 8 heteroatoms. The molecule has 0 saturated carbocycles. The van der Waals surface area contributed by atoms with Crippen molar-refractivity contribution in [2.75, 3.05) is 6.61 Å². The Hall–Kier alpha value is -3.50. The van der Waals surface area contributed by atoms with Crippen molar-refractivity contribution in [2.45, 2.75) is 26.4 Å². The van der Waals surface area contributed by atoms with Crippen LogP contribution >= 0.6 is 11.6 Å². The maximum absolute atomic E-state index is 13.3. The molecular formula is C23H20ClFN2O4. The molecule has 1 aliphatic heterocycles. The SMILES string of the molecule is CCOC(=O)C1=C(C)OC(N)=C(C#N)C1c1ccc(OCc2ccc(F)c(Cl)c2)cc1. The number of nitriles is 1. The van der Waals surface area contributed by atoms with E-state index in [1.807, 2.05) is 6.07 Å². The highest BCUT2D eigenvalue weighted by Crippen LogP contribution is 2.40. The van der Waals surface area contributed by atoms with Gasteiger partial charge in [0.25, 0.3) is 0 Å². The lowest BCUT2D eigenvalue weighted by atomic mass is 9.83. The van der Waals surface area contributed by atoms with Gasteiger partial charge in [0.2, 0.25) is 5.88 Å². The van der Waals surface area contributed by atoms with Gasteiger partial charge >= 0.3 is 5.97 Å². The highest BCUT2D eigenvalue weighted by molar-refractivity contribution is 6.30. The normalized spacial score (nSPS) is 15.9. The summed E-state index contributed by atoms with van der Waals surface area (Å²) in [5, 5.41) is 9.64. The number of hydrogen-bond donors (Lipinski definition) is 1. The summed E-state index contributed by atoms with van der Waals surface area (Å²) < 4.78 is 29.6. The fourth-order valence-electron chi connectivity index (χ4n) is 3.24. The zero-order valence-electron chi connectivity index (χ0n) is 16.9. The number of carbonyl (C=O) groups is 1. The zero-order valence-corrected chi connectivity index (χ0v) is 17.7. The van der Waals surface area contributed by atoms with E-state index < -0.39 is 17.7 Å². The largest absolute Gasteiger partial charge is 0.489 e. The molecule has 1 atom stereocenters. The Balaban J connectivity index is 1.85. The average Bonchev–Trinajstić information content (AvgIpc) is 2.74. The second kappa shape index (κ2) is 9.54. The lowest BCUT2D eigenvalue weighted by Crippen LogP contribution is -2.25. The number of nitrogens with two attached hydrogens (primary N) is 1. The predicted molar refractivity (Wildman–Crippen MR) is 112 cm³/mol. The lowest BCUT2D eigenvalue weighted by Gasteiger charge is -2.26. The standard InChI is InChI=1S/C23H20ClFN2O4/c1-3-29-23(28)20-13(2)31-22(27)17(11-26)21(20)15-5-7-16(8-6-15)30-12-14-4-9-19(25)18(24)10-14/h4-10,21H,3,12,27H2,1-2H3. The van der Waals surface area contributed by atoms with Gasteiger partial charge in [0, 0.05) is 0 Å². The van der Waals surface area contributed by atoms with Gasteiger partial charge in [0.05, 0.1) is 23.1 Å². The number of esters is 1. The Kier molecular flexibility index (Phi) is 6.83. The molecule has 0 bridgehead atoms. The molecule has 0 saturated heterocycles. The van der Waals surface area contributed by atoms with Crippen molar-refractivity contribution in [1.82, 2.24) is 0 Å². The molecule has 1 aliphatic rings. The van der Waals surface area contributed by atoms with E-state index in [1.165, 1.54) is 12.1 Å². The first kappa shape index (κ1) is 22.2. The maximum atomic E-state index is 13.3. The summed E-state index contributed by atoms with van der Waals surface area (Å²) in [5.74, 6) is -1.00. The molecule has 0 aliphatic carbocycles. The van der Waals surface area contributed by atoms with Crippen LogP contribution in [0.4, 0.5) is 4.39 Å². The van der Waals surface area contributed by atoms with Crippen LogP contribution in [-0.2, 0) is 20.9 Å². The first-order chi connectivity index (χ1) is 14.8. The molecule has 2 aromatic rings. The summed E-state index contributed by atoms with van der Waals surface area (Å²) in [5.41, 5.74) is 7.62. The highest BCUT2D eigenvalue weighted by atomic mass is 35.5. The van der Waals surface area contributed by atoms with Crippen LogP contribution in [0, 0.1) is 17.1 Å². The number of benzene rings is 2. The summed E-state index contributed by atoms with van der Waals surface area (Å²) in [6, 6.07) is 13.3. The molecule has 31 heavy (non-hydrogen) atoms. The molecule has 3 rings (SSSR count). The third kappa shape index (κ3) is 4.81. The maximum Gasteiger partial charge on any atom is 0.338 e. The van der Waals surface area contributed by atoms with E-state index >= 15 is 0 Å². The molecule has 0 amide bonds. The third-order valence-electron chi connectivity index (χ3n) is 4.70. The van der Waals surface area contributed by atoms with Crippen molar-refractivity contribution in [2.24, 2.45) is 5.73 Å². The minimum Gasteiger partial charge on any atom is -0.489 e. The first-order valence-corrected chi connectivity index (χ1v) is 9.85. The molecular weight excluding hydrogens is 423 g/mol. The Morgan fingerprint density at radius 2 is 2.00 bits per heavy atom. The third-order valence-corrected chi connectivity index (χ3v) is 4.99. The Morgan fingerprint density at radius 3 is 2.61 bits per heavy atom. The topological polar surface area (TPSA) is 94.6 Å². The van der Waals surface area contributed by atoms with Crippen LogP contribution in [0.25, 0.3) is 0 Å². The Morgan fingerprint density at radius 1 is 1.29 bits per heavy atom. The van der Waals surface area contributed by atoms with Gasteiger partial charge in [-0.1, -0.05) is 29.8 Å². The molecule has 0 spiro atoms. The second-order valence-electron chi connectivity index (χ2n) is 6.72. The quantitative estimate of drug-likeness (QED) is 0.651. The smallest absolute Gasteiger partial charge is 0.338 e. The number of nitrogens with zero attached hydrogens (tertiary/aromatic N) is 1. The fourth-order valence-corrected chi connectivity index (χ4v) is 3.44. The summed E-state index contributed by atoms with van der Waals surface area (Å²) in [4.78, 5) is 12.5. The van der Waals surface area contributed by atoms with Gasteiger partial charge < -0.3 is 19.9 Å². The van der Waals surface area contributed by atoms with E-state index in [0.717, 1.165) is 0 Å². The van der Waals surface area contributed by atoms with E-state index in [4.69, 9.17) is 31.5 Å². The molecule has 1 unspecified atom stereocenters. The number of carbonyl (C=O) groups excluding carboxylic acids is 1. The van der Waals surface area contributed by atoms with Crippen LogP contribution in [0.2, 0.25) is 5.02 Å². The van der Waals surface area contributed by atoms with E-state index in [1.54, 1.807) is 44.2 Å². The van der Waals surface area contributed by atoms with Gasteiger partial charge in [-0.25, -0.2) is 9.18 Å². The van der Waals surface area contributed by atoms with Crippen molar-refractivity contribution in [1.29, 1.82) is 5.26 Å². The zero-order chi connectivity index (χ0) is 22.5. The summed E-state index contributed by atoms with van der Waals surface area (Å²) >= 11 is 5.79. The monoisotopic (exact) mass is 442 g/mol. The number of hydrogen-bond acceptors (Lipinski definition) is 6. The minimum absolute atomic E-state index is 0.0259. The van der Waals surface area contributed by atoms with Gasteiger partial charge in [-0.15, -0.1) is 0 Å². The van der Waals surface area contributed by atoms with Gasteiger partial charge in [-0.05, 0) is 49.2 Å². The van der Waals surface area contributed by atoms with Crippen molar-refractivity contribution in [3.63, 3.8) is 0 Å². The molecule has 2 N–H and O–H groups in total. The van der Waals surface area contributed by atoms with Gasteiger partial charge in [0.15, 0.2) is 0 Å². The van der Waals surface area contributed by atoms with Crippen LogP contribution in [0.3, 0.4) is 0 Å². The van der Waals surface area contributed by atoms with Crippen LogP contribution in [0.15, 0.2) is 65.3 Å². The molecule has 2 aromatic carbocycles. The first-order valence-electron chi connectivity index (χ1n) is 9.47. The van der Waals surface area contributed by atoms with E-state index in [-0.39, 0.29) is 41.0 Å². The predicted octanol–water partition coefficient (Wildman–Crippen LogP) is 4.70. The van der Waals surface area contributed by atoms with E-state index in [0.29, 0.717) is 16.9 Å². The van der Waals surface area contributed by atoms with E-state index in [2.05, 4.69) is 0 Å². The van der Waals surface area contributed by atoms with Gasteiger partial charge in [-0.3, -0.25) is 0 Å². The molecule has 0 aromatic heterocycles. The second-order valence-corrected chi connectivity index (χ2v) is 7.13. The van der Waals surface area contributed by atoms with Crippen LogP contribution < -0.4 is 10.5 Å². The van der Waals surface area contributed by atoms with Crippen molar-refractivity contribution in [3.05, 3.63) is 87.2 Å². The minimum atomic E-state index is -0.720. The Bertz CT molecular complexity index is 1100. The Labute approximate surface area is 184 Å². The molecule has 1 heterocycles. The molecule has 6 nitrogen and oxygen atoms in total. The van der Waals surface area contributed by atoms with Crippen molar-refractivity contribution < 1.29 is 23.4 Å². The summed E-state index contributed by atoms with van der Waals surface area (Å²) in [6.45, 7) is 3.68. The number of ether oxygens (including phenoxy) is 3. The van der Waals surface area contributed by atoms with Gasteiger partial charge in [0.1, 0.15) is 35.6 Å². The number of rotatable bonds is 6. The van der Waals surface area contributed by atoms with Crippen LogP contribution in [0.1, 0.15) is 30.9 Å². The number of halogens is 2. The average molecular weight is 443 g/mol. The van der Waals surface area contributed by atoms with Crippen LogP contribution in [0.5, 0.6) is 5.75 Å². The van der Waals surface area contributed by atoms with Crippen molar-refractivity contribution in [3.8, 4) is 11.8 Å². The lowest BCUT2D eigenvalue weighted by molar-refractivity contribution is -0.139. The van der Waals surface area contributed by atoms with Crippen LogP contribution in [-0.4, -0.2) is 12.6 Å². The molecule has 0 fully saturated rings. The molecule has 0 radical (unpaired) electrons. The fraction of sp³-hybridized carbons (Fsp3) is 0.217. The van der Waals surface area contributed by atoms with Crippen molar-refractivity contribution >= 4 is 17.6 Å². The summed E-state index contributed by atoms with van der Waals surface area (Å²) in [7, 11) is 0. The molecule has 160 valence electrons. The summed E-state index contributed by atoms with van der Waals surface area (Å²) in [6.07, 6.45) is 0. The van der Waals surface area contributed by atoms with E-state index in [9.17, 15) is 14.4 Å². The van der Waals surface area contributed by atoms with Gasteiger partial charge in [-0.2, -0.15) is 5.26 Å². The number of allylic oxidation sites excluding steroid dienone is 2.